The first-order valence-electron chi connectivity index (χ1n) is 10.0. The molecule has 9 heteroatoms. The van der Waals surface area contributed by atoms with Gasteiger partial charge in [-0.15, -0.1) is 0 Å². The van der Waals surface area contributed by atoms with Crippen molar-refractivity contribution in [2.24, 2.45) is 0 Å². The van der Waals surface area contributed by atoms with E-state index in [9.17, 15) is 23.1 Å². The predicted octanol–water partition coefficient (Wildman–Crippen LogP) is 1.47. The molecule has 1 aromatic heterocycles. The number of benzene rings is 2. The third kappa shape index (κ3) is 2.88. The first-order chi connectivity index (χ1) is 14.8. The van der Waals surface area contributed by atoms with Crippen molar-refractivity contribution in [1.29, 1.82) is 0 Å². The van der Waals surface area contributed by atoms with E-state index in [1.54, 1.807) is 28.6 Å². The summed E-state index contributed by atoms with van der Waals surface area (Å²) in [6.45, 7) is 0.216. The highest BCUT2D eigenvalue weighted by atomic mass is 32.2. The zero-order chi connectivity index (χ0) is 21.9. The Morgan fingerprint density at radius 3 is 2.48 bits per heavy atom. The minimum absolute atomic E-state index is 0.00886. The number of likely N-dealkylation sites (N-methyl/N-ethyl adjacent to an activating group) is 1. The normalized spacial score (nSPS) is 18.4. The number of carbonyl (C=O) groups is 2. The molecule has 0 saturated heterocycles. The zero-order valence-electron chi connectivity index (χ0n) is 16.9. The molecule has 1 atom stereocenters. The maximum Gasteiger partial charge on any atom is 0.270 e. The van der Waals surface area contributed by atoms with Gasteiger partial charge in [0.2, 0.25) is 0 Å². The number of nitrogens with zero attached hydrogens (tertiary/aromatic N) is 3. The Labute approximate surface area is 179 Å². The van der Waals surface area contributed by atoms with Gasteiger partial charge in [-0.05, 0) is 30.2 Å². The maximum atomic E-state index is 12.9. The molecule has 2 amide bonds. The maximum absolute atomic E-state index is 12.9. The van der Waals surface area contributed by atoms with Crippen molar-refractivity contribution in [3.05, 3.63) is 65.4 Å². The smallest absolute Gasteiger partial charge is 0.270 e. The zero-order valence-corrected chi connectivity index (χ0v) is 17.7. The molecule has 2 aliphatic rings. The number of amides is 2. The molecule has 0 saturated carbocycles. The molecule has 0 aliphatic carbocycles. The highest BCUT2D eigenvalue weighted by Crippen LogP contribution is 2.32. The van der Waals surface area contributed by atoms with Crippen LogP contribution in [0.3, 0.4) is 0 Å². The number of hydrogen-bond acceptors (Lipinski definition) is 5. The molecular weight excluding hydrogens is 418 g/mol. The van der Waals surface area contributed by atoms with Gasteiger partial charge in [-0.25, -0.2) is 12.7 Å². The highest BCUT2D eigenvalue weighted by Gasteiger charge is 2.42. The van der Waals surface area contributed by atoms with Gasteiger partial charge in [-0.3, -0.25) is 9.59 Å². The fraction of sp³-hybridized carbons (Fsp3) is 0.273. The van der Waals surface area contributed by atoms with Crippen molar-refractivity contribution in [2.45, 2.75) is 24.0 Å². The summed E-state index contributed by atoms with van der Waals surface area (Å²) in [7, 11) is -2.28. The fourth-order valence-electron chi connectivity index (χ4n) is 4.50. The number of β-amino-alcohol motifs (C(OH)–C–C–N with tert-alkyl or cyclic N) is 1. The molecule has 0 fully saturated rings. The van der Waals surface area contributed by atoms with E-state index in [-0.39, 0.29) is 29.5 Å². The van der Waals surface area contributed by atoms with Gasteiger partial charge in [0.1, 0.15) is 10.6 Å². The van der Waals surface area contributed by atoms with Crippen LogP contribution in [0.25, 0.3) is 10.9 Å². The van der Waals surface area contributed by atoms with E-state index in [2.05, 4.69) is 0 Å². The summed E-state index contributed by atoms with van der Waals surface area (Å²) in [5, 5.41) is 11.8. The lowest BCUT2D eigenvalue weighted by atomic mass is 10.0. The molecule has 5 rings (SSSR count). The number of aromatic nitrogens is 1. The lowest BCUT2D eigenvalue weighted by Gasteiger charge is -2.25. The molecule has 2 aliphatic heterocycles. The van der Waals surface area contributed by atoms with Crippen molar-refractivity contribution in [2.75, 3.05) is 20.1 Å². The number of carbonyl (C=O) groups excluding carboxylic acids is 2. The van der Waals surface area contributed by atoms with Crippen LogP contribution in [-0.4, -0.2) is 65.4 Å². The summed E-state index contributed by atoms with van der Waals surface area (Å²) >= 11 is 0. The van der Waals surface area contributed by atoms with Crippen LogP contribution in [0.4, 0.5) is 0 Å². The Hall–Kier alpha value is -3.17. The lowest BCUT2D eigenvalue weighted by molar-refractivity contribution is 0.0732. The fourth-order valence-corrected chi connectivity index (χ4v) is 6.10. The van der Waals surface area contributed by atoms with Gasteiger partial charge in [-0.2, -0.15) is 0 Å². The van der Waals surface area contributed by atoms with Crippen molar-refractivity contribution < 1.29 is 23.1 Å². The summed E-state index contributed by atoms with van der Waals surface area (Å²) in [6.07, 6.45) is -0.483. The molecule has 8 nitrogen and oxygen atoms in total. The number of hydrogen-bond donors (Lipinski definition) is 1. The first-order valence-corrected chi connectivity index (χ1v) is 11.4. The number of aliphatic hydroxyl groups is 1. The lowest BCUT2D eigenvalue weighted by Crippen LogP contribution is -2.40. The van der Waals surface area contributed by atoms with E-state index >= 15 is 0 Å². The minimum atomic E-state index is -4.01. The molecule has 31 heavy (non-hydrogen) atoms. The summed E-state index contributed by atoms with van der Waals surface area (Å²) in [6, 6.07) is 13.6. The van der Waals surface area contributed by atoms with Crippen molar-refractivity contribution in [3.8, 4) is 0 Å². The van der Waals surface area contributed by atoms with Gasteiger partial charge in [-0.1, -0.05) is 30.3 Å². The van der Waals surface area contributed by atoms with Gasteiger partial charge in [0, 0.05) is 24.5 Å². The summed E-state index contributed by atoms with van der Waals surface area (Å²) < 4.78 is 28.1. The quantitative estimate of drug-likeness (QED) is 0.664. The van der Waals surface area contributed by atoms with E-state index in [4.69, 9.17) is 0 Å². The van der Waals surface area contributed by atoms with Crippen LogP contribution in [0.1, 0.15) is 26.4 Å². The second-order valence-corrected chi connectivity index (χ2v) is 9.75. The number of fused-ring (bicyclic) bond motifs is 4. The summed E-state index contributed by atoms with van der Waals surface area (Å²) in [5.41, 5.74) is 2.35. The van der Waals surface area contributed by atoms with E-state index in [0.717, 1.165) is 16.5 Å². The van der Waals surface area contributed by atoms with Gasteiger partial charge >= 0.3 is 0 Å². The average Bonchev–Trinajstić information content (AvgIpc) is 3.17. The van der Waals surface area contributed by atoms with Crippen LogP contribution in [-0.2, 0) is 23.0 Å². The molecule has 3 heterocycles. The van der Waals surface area contributed by atoms with Crippen molar-refractivity contribution in [3.63, 3.8) is 0 Å². The van der Waals surface area contributed by atoms with Crippen LogP contribution in [0.15, 0.2) is 53.4 Å². The topological polar surface area (TPSA) is 99.9 Å². The predicted molar refractivity (Wildman–Crippen MR) is 113 cm³/mol. The van der Waals surface area contributed by atoms with Crippen molar-refractivity contribution >= 4 is 32.7 Å². The monoisotopic (exact) mass is 439 g/mol. The molecule has 160 valence electrons. The third-order valence-corrected chi connectivity index (χ3v) is 7.81. The summed E-state index contributed by atoms with van der Waals surface area (Å²) in [4.78, 5) is 27.1. The van der Waals surface area contributed by atoms with E-state index in [0.29, 0.717) is 23.0 Å². The second kappa shape index (κ2) is 6.93. The molecule has 1 N–H and O–H groups in total. The Kier molecular flexibility index (Phi) is 4.42. The molecular formula is C22H21N3O5S. The Bertz CT molecular complexity index is 1340. The van der Waals surface area contributed by atoms with Crippen LogP contribution in [0.5, 0.6) is 0 Å². The van der Waals surface area contributed by atoms with E-state index in [1.165, 1.54) is 12.1 Å². The van der Waals surface area contributed by atoms with Gasteiger partial charge in [0.05, 0.1) is 24.8 Å². The van der Waals surface area contributed by atoms with Gasteiger partial charge < -0.3 is 14.6 Å². The third-order valence-electron chi connectivity index (χ3n) is 6.00. The molecule has 3 aromatic rings. The Morgan fingerprint density at radius 2 is 1.71 bits per heavy atom. The molecule has 1 unspecified atom stereocenters. The highest BCUT2D eigenvalue weighted by molar-refractivity contribution is 7.90. The first kappa shape index (κ1) is 19.8. The van der Waals surface area contributed by atoms with E-state index < -0.39 is 22.0 Å². The standard InChI is InChI=1S/C22H21N3O5S/c1-23-11-10-16-15-6-2-4-8-18(15)24(20(16)22(23)28)12-14(26)13-25-21(27)17-7-3-5-9-19(17)31(25,29)30/h2-9,14,26H,10-13H2,1H3. The molecule has 2 aromatic carbocycles. The Morgan fingerprint density at radius 1 is 1.00 bits per heavy atom. The Balaban J connectivity index is 1.49. The molecule has 0 bridgehead atoms. The van der Waals surface area contributed by atoms with Crippen molar-refractivity contribution in [1.82, 2.24) is 13.8 Å². The summed E-state index contributed by atoms with van der Waals surface area (Å²) in [5.74, 6) is -0.785. The number of sulfonamides is 1. The molecule has 0 radical (unpaired) electrons. The van der Waals surface area contributed by atoms with Crippen LogP contribution in [0, 0.1) is 0 Å². The van der Waals surface area contributed by atoms with E-state index in [1.807, 2.05) is 24.3 Å². The van der Waals surface area contributed by atoms with Crippen LogP contribution < -0.4 is 0 Å². The van der Waals surface area contributed by atoms with Gasteiger partial charge in [0.25, 0.3) is 21.8 Å². The van der Waals surface area contributed by atoms with Crippen LogP contribution in [0.2, 0.25) is 0 Å². The van der Waals surface area contributed by atoms with Gasteiger partial charge in [0.15, 0.2) is 0 Å². The average molecular weight is 439 g/mol. The minimum Gasteiger partial charge on any atom is -0.389 e. The SMILES string of the molecule is CN1CCc2c(n(CC(O)CN3C(=O)c4ccccc4S3(=O)=O)c3ccccc23)C1=O. The number of rotatable bonds is 4. The number of para-hydroxylation sites is 1. The van der Waals surface area contributed by atoms with Crippen LogP contribution >= 0.6 is 0 Å². The second-order valence-electron chi connectivity index (χ2n) is 7.92. The largest absolute Gasteiger partial charge is 0.389 e. The molecule has 0 spiro atoms. The number of aliphatic hydroxyl groups excluding tert-OH is 1.